The van der Waals surface area contributed by atoms with Gasteiger partial charge in [0.25, 0.3) is 5.78 Å². The normalized spacial score (nSPS) is 9.94. The zero-order valence-electron chi connectivity index (χ0n) is 10.7. The summed E-state index contributed by atoms with van der Waals surface area (Å²) < 4.78 is 14.8. The summed E-state index contributed by atoms with van der Waals surface area (Å²) in [5, 5.41) is 0. The Kier molecular flexibility index (Phi) is 5.32. The van der Waals surface area contributed by atoms with E-state index in [0.717, 1.165) is 0 Å². The van der Waals surface area contributed by atoms with Gasteiger partial charge in [0.1, 0.15) is 5.75 Å². The third-order valence-corrected chi connectivity index (χ3v) is 2.30. The minimum atomic E-state index is -0.856. The van der Waals surface area contributed by atoms with E-state index in [4.69, 9.17) is 9.47 Å². The van der Waals surface area contributed by atoms with Crippen molar-refractivity contribution < 1.29 is 23.8 Å². The van der Waals surface area contributed by atoms with Crippen LogP contribution in [-0.4, -0.2) is 32.6 Å². The summed E-state index contributed by atoms with van der Waals surface area (Å²) in [5.74, 6) is -0.917. The molecule has 0 aromatic heterocycles. The van der Waals surface area contributed by atoms with Gasteiger partial charge >= 0.3 is 5.97 Å². The molecule has 0 aliphatic rings. The smallest absolute Gasteiger partial charge is 0.379 e. The molecule has 0 amide bonds. The van der Waals surface area contributed by atoms with E-state index in [1.54, 1.807) is 26.2 Å². The number of rotatable bonds is 6. The van der Waals surface area contributed by atoms with Gasteiger partial charge in [0, 0.05) is 18.2 Å². The van der Waals surface area contributed by atoms with Crippen LogP contribution in [0.3, 0.4) is 0 Å². The minimum Gasteiger partial charge on any atom is -0.496 e. The van der Waals surface area contributed by atoms with Crippen molar-refractivity contribution >= 4 is 11.8 Å². The summed E-state index contributed by atoms with van der Waals surface area (Å²) in [5.41, 5.74) is 0.969. The first-order chi connectivity index (χ1) is 8.63. The highest BCUT2D eigenvalue weighted by Gasteiger charge is 2.18. The molecule has 1 aromatic carbocycles. The van der Waals surface area contributed by atoms with E-state index in [-0.39, 0.29) is 12.2 Å². The zero-order chi connectivity index (χ0) is 13.5. The Balaban J connectivity index is 3.00. The maximum Gasteiger partial charge on any atom is 0.379 e. The Labute approximate surface area is 106 Å². The first-order valence-electron chi connectivity index (χ1n) is 5.51. The molecule has 0 fully saturated rings. The van der Waals surface area contributed by atoms with Gasteiger partial charge in [0.15, 0.2) is 0 Å². The monoisotopic (exact) mass is 252 g/mol. The van der Waals surface area contributed by atoms with Gasteiger partial charge in [-0.3, -0.25) is 4.79 Å². The molecule has 5 nitrogen and oxygen atoms in total. The minimum absolute atomic E-state index is 0.172. The first kappa shape index (κ1) is 14.2. The number of esters is 1. The number of carbonyl (C=O) groups is 2. The molecule has 0 bridgehead atoms. The predicted molar refractivity (Wildman–Crippen MR) is 64.7 cm³/mol. The number of Topliss-reactive ketones (excluding diaryl/α,β-unsaturated/α-hetero) is 1. The summed E-state index contributed by atoms with van der Waals surface area (Å²) >= 11 is 0. The second kappa shape index (κ2) is 6.76. The van der Waals surface area contributed by atoms with Gasteiger partial charge in [0.2, 0.25) is 0 Å². The first-order valence-corrected chi connectivity index (χ1v) is 5.51. The van der Waals surface area contributed by atoms with Crippen molar-refractivity contribution in [3.63, 3.8) is 0 Å². The molecule has 0 aliphatic heterocycles. The zero-order valence-corrected chi connectivity index (χ0v) is 10.7. The van der Waals surface area contributed by atoms with E-state index < -0.39 is 11.8 Å². The Morgan fingerprint density at radius 3 is 2.50 bits per heavy atom. The number of methoxy groups -OCH3 is 2. The number of benzene rings is 1. The van der Waals surface area contributed by atoms with Gasteiger partial charge in [-0.05, 0) is 25.1 Å². The molecule has 0 saturated heterocycles. The lowest BCUT2D eigenvalue weighted by atomic mass is 10.1. The van der Waals surface area contributed by atoms with Crippen molar-refractivity contribution in [3.05, 3.63) is 29.3 Å². The second-order valence-corrected chi connectivity index (χ2v) is 3.51. The molecule has 0 saturated carbocycles. The van der Waals surface area contributed by atoms with Crippen molar-refractivity contribution in [2.24, 2.45) is 0 Å². The molecule has 0 spiro atoms. The lowest BCUT2D eigenvalue weighted by molar-refractivity contribution is -0.137. The number of ether oxygens (including phenoxy) is 3. The van der Waals surface area contributed by atoms with Crippen LogP contribution in [0.25, 0.3) is 0 Å². The van der Waals surface area contributed by atoms with Gasteiger partial charge in [0.05, 0.1) is 20.3 Å². The van der Waals surface area contributed by atoms with E-state index in [2.05, 4.69) is 4.74 Å². The lowest BCUT2D eigenvalue weighted by Crippen LogP contribution is -2.17. The van der Waals surface area contributed by atoms with E-state index in [0.29, 0.717) is 17.9 Å². The fourth-order valence-corrected chi connectivity index (χ4v) is 1.50. The van der Waals surface area contributed by atoms with Crippen LogP contribution in [-0.2, 0) is 20.9 Å². The van der Waals surface area contributed by atoms with Crippen LogP contribution in [0.15, 0.2) is 18.2 Å². The molecule has 5 heteroatoms. The molecule has 0 unspecified atom stereocenters. The topological polar surface area (TPSA) is 61.8 Å². The fourth-order valence-electron chi connectivity index (χ4n) is 1.50. The van der Waals surface area contributed by atoms with Gasteiger partial charge in [-0.2, -0.15) is 0 Å². The van der Waals surface area contributed by atoms with Crippen LogP contribution in [0.1, 0.15) is 22.8 Å². The number of hydrogen-bond donors (Lipinski definition) is 0. The molecule has 0 aliphatic carbocycles. The van der Waals surface area contributed by atoms with E-state index in [1.807, 2.05) is 0 Å². The quantitative estimate of drug-likeness (QED) is 0.437. The average molecular weight is 252 g/mol. The van der Waals surface area contributed by atoms with Gasteiger partial charge < -0.3 is 14.2 Å². The molecule has 0 atom stereocenters. The van der Waals surface area contributed by atoms with E-state index in [1.165, 1.54) is 13.2 Å². The highest BCUT2D eigenvalue weighted by Crippen LogP contribution is 2.21. The molecular weight excluding hydrogens is 236 g/mol. The number of ketones is 1. The van der Waals surface area contributed by atoms with Crippen LogP contribution < -0.4 is 4.74 Å². The molecular formula is C13H16O5. The predicted octanol–water partition coefficient (Wildman–Crippen LogP) is 1.59. The number of carbonyl (C=O) groups excluding carboxylic acids is 2. The van der Waals surface area contributed by atoms with Crippen molar-refractivity contribution in [2.75, 3.05) is 20.8 Å². The Hall–Kier alpha value is -1.88. The van der Waals surface area contributed by atoms with E-state index >= 15 is 0 Å². The Morgan fingerprint density at radius 1 is 1.22 bits per heavy atom. The highest BCUT2D eigenvalue weighted by molar-refractivity contribution is 6.40. The Morgan fingerprint density at radius 2 is 1.94 bits per heavy atom. The van der Waals surface area contributed by atoms with Crippen LogP contribution >= 0.6 is 0 Å². The van der Waals surface area contributed by atoms with Crippen molar-refractivity contribution in [3.8, 4) is 5.75 Å². The van der Waals surface area contributed by atoms with Crippen LogP contribution in [0.2, 0.25) is 0 Å². The third-order valence-electron chi connectivity index (χ3n) is 2.30. The van der Waals surface area contributed by atoms with E-state index in [9.17, 15) is 9.59 Å². The Bertz CT molecular complexity index is 439. The van der Waals surface area contributed by atoms with Crippen LogP contribution in [0, 0.1) is 0 Å². The second-order valence-electron chi connectivity index (χ2n) is 3.51. The standard InChI is InChI=1S/C13H16O5/c1-4-18-13(15)12(14)9-5-6-11(17-3)10(7-9)8-16-2/h5-7H,4,8H2,1-3H3. The molecule has 1 aromatic rings. The molecule has 0 heterocycles. The molecule has 98 valence electrons. The summed E-state index contributed by atoms with van der Waals surface area (Å²) in [6.45, 7) is 2.12. The molecule has 18 heavy (non-hydrogen) atoms. The van der Waals surface area contributed by atoms with Crippen LogP contribution in [0.5, 0.6) is 5.75 Å². The van der Waals surface area contributed by atoms with Gasteiger partial charge in [-0.15, -0.1) is 0 Å². The summed E-state index contributed by atoms with van der Waals surface area (Å²) in [6.07, 6.45) is 0. The highest BCUT2D eigenvalue weighted by atomic mass is 16.5. The molecule has 1 rings (SSSR count). The van der Waals surface area contributed by atoms with Crippen molar-refractivity contribution in [1.82, 2.24) is 0 Å². The maximum absolute atomic E-state index is 11.7. The SMILES string of the molecule is CCOC(=O)C(=O)c1ccc(OC)c(COC)c1. The van der Waals surface area contributed by atoms with Crippen molar-refractivity contribution in [1.29, 1.82) is 0 Å². The summed E-state index contributed by atoms with van der Waals surface area (Å²) in [7, 11) is 3.07. The third kappa shape index (κ3) is 3.30. The lowest BCUT2D eigenvalue weighted by Gasteiger charge is -2.09. The van der Waals surface area contributed by atoms with Crippen LogP contribution in [0.4, 0.5) is 0 Å². The molecule has 0 N–H and O–H groups in total. The summed E-state index contributed by atoms with van der Waals surface area (Å²) in [4.78, 5) is 23.1. The van der Waals surface area contributed by atoms with Gasteiger partial charge in [-0.25, -0.2) is 4.79 Å². The van der Waals surface area contributed by atoms with Crippen molar-refractivity contribution in [2.45, 2.75) is 13.5 Å². The largest absolute Gasteiger partial charge is 0.496 e. The summed E-state index contributed by atoms with van der Waals surface area (Å²) in [6, 6.07) is 4.72. The average Bonchev–Trinajstić information content (AvgIpc) is 2.38. The van der Waals surface area contributed by atoms with Gasteiger partial charge in [-0.1, -0.05) is 0 Å². The maximum atomic E-state index is 11.7. The molecule has 0 radical (unpaired) electrons. The number of hydrogen-bond acceptors (Lipinski definition) is 5. The fraction of sp³-hybridized carbons (Fsp3) is 0.385.